The third-order valence-corrected chi connectivity index (χ3v) is 3.18. The lowest BCUT2D eigenvalue weighted by molar-refractivity contribution is -0.135. The summed E-state index contributed by atoms with van der Waals surface area (Å²) in [6.07, 6.45) is 0.292. The molecule has 1 aliphatic rings. The number of carbonyl (C=O) groups excluding carboxylic acids is 1. The Balaban J connectivity index is 2.47. The van der Waals surface area contributed by atoms with Crippen LogP contribution in [0.4, 0.5) is 11.4 Å². The number of nitrogens with zero attached hydrogens (tertiary/aromatic N) is 2. The predicted molar refractivity (Wildman–Crippen MR) is 70.9 cm³/mol. The third kappa shape index (κ3) is 2.62. The lowest BCUT2D eigenvalue weighted by atomic mass is 10.2. The summed E-state index contributed by atoms with van der Waals surface area (Å²) in [5, 5.41) is 8.95. The Labute approximate surface area is 111 Å². The van der Waals surface area contributed by atoms with E-state index in [0.717, 1.165) is 5.69 Å². The Morgan fingerprint density at radius 3 is 2.79 bits per heavy atom. The second kappa shape index (κ2) is 5.17. The van der Waals surface area contributed by atoms with Gasteiger partial charge in [-0.3, -0.25) is 9.59 Å². The third-order valence-electron chi connectivity index (χ3n) is 3.18. The largest absolute Gasteiger partial charge is 0.497 e. The molecule has 1 aromatic carbocycles. The van der Waals surface area contributed by atoms with Crippen LogP contribution in [0.15, 0.2) is 18.2 Å². The van der Waals surface area contributed by atoms with Gasteiger partial charge in [-0.05, 0) is 12.1 Å². The monoisotopic (exact) mass is 264 g/mol. The summed E-state index contributed by atoms with van der Waals surface area (Å²) in [4.78, 5) is 26.1. The van der Waals surface area contributed by atoms with Crippen LogP contribution in [0.25, 0.3) is 0 Å². The molecule has 1 heterocycles. The zero-order valence-electron chi connectivity index (χ0n) is 10.9. The van der Waals surface area contributed by atoms with E-state index in [1.54, 1.807) is 42.2 Å². The van der Waals surface area contributed by atoms with Crippen LogP contribution in [0.3, 0.4) is 0 Å². The van der Waals surface area contributed by atoms with Gasteiger partial charge in [-0.15, -0.1) is 0 Å². The fourth-order valence-electron chi connectivity index (χ4n) is 2.15. The molecule has 6 nitrogen and oxygen atoms in total. The number of hydrogen-bond acceptors (Lipinski definition) is 4. The number of methoxy groups -OCH3 is 1. The molecule has 0 atom stereocenters. The van der Waals surface area contributed by atoms with Gasteiger partial charge in [-0.25, -0.2) is 0 Å². The Morgan fingerprint density at radius 2 is 2.16 bits per heavy atom. The molecule has 0 fully saturated rings. The van der Waals surface area contributed by atoms with Crippen LogP contribution in [0, 0.1) is 0 Å². The summed E-state index contributed by atoms with van der Waals surface area (Å²) >= 11 is 0. The molecule has 2 rings (SSSR count). The minimum atomic E-state index is -0.918. The number of benzene rings is 1. The lowest BCUT2D eigenvalue weighted by Gasteiger charge is -2.24. The summed E-state index contributed by atoms with van der Waals surface area (Å²) in [7, 11) is 3.24. The fourth-order valence-corrected chi connectivity index (χ4v) is 2.15. The molecule has 1 aliphatic heterocycles. The van der Waals surface area contributed by atoms with Crippen LogP contribution < -0.4 is 14.5 Å². The number of aliphatic carboxylic acids is 1. The van der Waals surface area contributed by atoms with E-state index >= 15 is 0 Å². The molecule has 1 aromatic rings. The normalized spacial score (nSPS) is 14.9. The number of carboxylic acids is 1. The van der Waals surface area contributed by atoms with Gasteiger partial charge in [0.2, 0.25) is 5.91 Å². The highest BCUT2D eigenvalue weighted by atomic mass is 16.5. The standard InChI is InChI=1S/C13H16N2O4/c1-14-11-7-9(19-2)3-4-10(11)15(8-13(17)18)6-5-12(14)16/h3-4,7H,5-6,8H2,1-2H3,(H,17,18). The molecule has 6 heteroatoms. The van der Waals surface area contributed by atoms with Crippen LogP contribution >= 0.6 is 0 Å². The average molecular weight is 264 g/mol. The van der Waals surface area contributed by atoms with E-state index in [1.165, 1.54) is 0 Å². The molecule has 19 heavy (non-hydrogen) atoms. The molecule has 0 bridgehead atoms. The van der Waals surface area contributed by atoms with E-state index in [2.05, 4.69) is 0 Å². The Hall–Kier alpha value is -2.24. The average Bonchev–Trinajstić information content (AvgIpc) is 2.50. The van der Waals surface area contributed by atoms with Gasteiger partial charge in [0.1, 0.15) is 12.3 Å². The van der Waals surface area contributed by atoms with Crippen molar-refractivity contribution < 1.29 is 19.4 Å². The van der Waals surface area contributed by atoms with Gasteiger partial charge < -0.3 is 19.6 Å². The number of fused-ring (bicyclic) bond motifs is 1. The highest BCUT2D eigenvalue weighted by molar-refractivity contribution is 5.99. The molecule has 0 saturated carbocycles. The van der Waals surface area contributed by atoms with Crippen molar-refractivity contribution in [1.82, 2.24) is 0 Å². The molecule has 0 radical (unpaired) electrons. The van der Waals surface area contributed by atoms with Crippen molar-refractivity contribution in [3.05, 3.63) is 18.2 Å². The Bertz CT molecular complexity index is 515. The van der Waals surface area contributed by atoms with Gasteiger partial charge in [-0.1, -0.05) is 0 Å². The van der Waals surface area contributed by atoms with Gasteiger partial charge in [-0.2, -0.15) is 0 Å². The lowest BCUT2D eigenvalue weighted by Crippen LogP contribution is -2.30. The maximum absolute atomic E-state index is 11.9. The van der Waals surface area contributed by atoms with Crippen molar-refractivity contribution in [2.45, 2.75) is 6.42 Å². The van der Waals surface area contributed by atoms with Crippen molar-refractivity contribution in [2.75, 3.05) is 37.0 Å². The fraction of sp³-hybridized carbons (Fsp3) is 0.385. The molecular formula is C13H16N2O4. The van der Waals surface area contributed by atoms with Gasteiger partial charge in [0.15, 0.2) is 0 Å². The molecule has 1 amide bonds. The van der Waals surface area contributed by atoms with Crippen LogP contribution in [0.1, 0.15) is 6.42 Å². The van der Waals surface area contributed by atoms with E-state index in [1.807, 2.05) is 0 Å². The summed E-state index contributed by atoms with van der Waals surface area (Å²) in [6.45, 7) is 0.273. The van der Waals surface area contributed by atoms with Crippen LogP contribution in [0.5, 0.6) is 5.75 Å². The number of carboxylic acid groups (broad SMARTS) is 1. The molecule has 0 aliphatic carbocycles. The smallest absolute Gasteiger partial charge is 0.323 e. The van der Waals surface area contributed by atoms with Gasteiger partial charge in [0.25, 0.3) is 0 Å². The van der Waals surface area contributed by atoms with Crippen LogP contribution in [0.2, 0.25) is 0 Å². The minimum Gasteiger partial charge on any atom is -0.497 e. The first-order valence-electron chi connectivity index (χ1n) is 5.94. The van der Waals surface area contributed by atoms with Gasteiger partial charge in [0.05, 0.1) is 18.5 Å². The molecule has 0 aromatic heterocycles. The molecular weight excluding hydrogens is 248 g/mol. The van der Waals surface area contributed by atoms with E-state index in [-0.39, 0.29) is 12.5 Å². The summed E-state index contributed by atoms with van der Waals surface area (Å²) in [6, 6.07) is 5.29. The highest BCUT2D eigenvalue weighted by Gasteiger charge is 2.25. The van der Waals surface area contributed by atoms with E-state index in [0.29, 0.717) is 24.4 Å². The highest BCUT2D eigenvalue weighted by Crippen LogP contribution is 2.35. The summed E-state index contributed by atoms with van der Waals surface area (Å²) < 4.78 is 5.15. The van der Waals surface area contributed by atoms with E-state index < -0.39 is 5.97 Å². The van der Waals surface area contributed by atoms with Gasteiger partial charge in [0, 0.05) is 26.1 Å². The first-order valence-corrected chi connectivity index (χ1v) is 5.94. The Morgan fingerprint density at radius 1 is 1.42 bits per heavy atom. The molecule has 102 valence electrons. The second-order valence-corrected chi connectivity index (χ2v) is 4.37. The zero-order valence-corrected chi connectivity index (χ0v) is 10.9. The number of rotatable bonds is 3. The second-order valence-electron chi connectivity index (χ2n) is 4.37. The molecule has 0 spiro atoms. The van der Waals surface area contributed by atoms with E-state index in [9.17, 15) is 9.59 Å². The minimum absolute atomic E-state index is 0.0395. The maximum atomic E-state index is 11.9. The topological polar surface area (TPSA) is 70.1 Å². The van der Waals surface area contributed by atoms with Crippen molar-refractivity contribution in [3.63, 3.8) is 0 Å². The summed E-state index contributed by atoms with van der Waals surface area (Å²) in [5.41, 5.74) is 1.40. The van der Waals surface area contributed by atoms with E-state index in [4.69, 9.17) is 9.84 Å². The van der Waals surface area contributed by atoms with Crippen molar-refractivity contribution in [1.29, 1.82) is 0 Å². The molecule has 1 N–H and O–H groups in total. The van der Waals surface area contributed by atoms with Gasteiger partial charge >= 0.3 is 5.97 Å². The number of anilines is 2. The van der Waals surface area contributed by atoms with Crippen LogP contribution in [-0.4, -0.2) is 44.2 Å². The molecule has 0 unspecified atom stereocenters. The first-order chi connectivity index (χ1) is 9.02. The number of amides is 1. The predicted octanol–water partition coefficient (Wildman–Crippen LogP) is 0.953. The van der Waals surface area contributed by atoms with Crippen molar-refractivity contribution in [2.24, 2.45) is 0 Å². The first kappa shape index (κ1) is 13.2. The number of ether oxygens (including phenoxy) is 1. The maximum Gasteiger partial charge on any atom is 0.323 e. The summed E-state index contributed by atoms with van der Waals surface area (Å²) in [5.74, 6) is -0.322. The van der Waals surface area contributed by atoms with Crippen molar-refractivity contribution in [3.8, 4) is 5.75 Å². The molecule has 0 saturated heterocycles. The Kier molecular flexibility index (Phi) is 3.59. The quantitative estimate of drug-likeness (QED) is 0.880. The zero-order chi connectivity index (χ0) is 14.0. The number of hydrogen-bond donors (Lipinski definition) is 1. The van der Waals surface area contributed by atoms with Crippen molar-refractivity contribution >= 4 is 23.3 Å². The number of carbonyl (C=O) groups is 2. The SMILES string of the molecule is COc1ccc2c(c1)N(C)C(=O)CCN2CC(=O)O. The van der Waals surface area contributed by atoms with Crippen LogP contribution in [-0.2, 0) is 9.59 Å².